The Bertz CT molecular complexity index is 383. The summed E-state index contributed by atoms with van der Waals surface area (Å²) in [5.74, 6) is 2.41. The van der Waals surface area contributed by atoms with Gasteiger partial charge in [0.25, 0.3) is 0 Å². The predicted octanol–water partition coefficient (Wildman–Crippen LogP) is 1.82. The molecule has 2 fully saturated rings. The zero-order valence-electron chi connectivity index (χ0n) is 8.78. The van der Waals surface area contributed by atoms with Gasteiger partial charge in [-0.3, -0.25) is 0 Å². The lowest BCUT2D eigenvalue weighted by Crippen LogP contribution is -2.49. The molecule has 0 unspecified atom stereocenters. The average Bonchev–Trinajstić information content (AvgIpc) is 2.94. The lowest BCUT2D eigenvalue weighted by molar-refractivity contribution is 0.273. The van der Waals surface area contributed by atoms with E-state index < -0.39 is 6.17 Å². The third-order valence-corrected chi connectivity index (χ3v) is 2.96. The Morgan fingerprint density at radius 1 is 1.33 bits per heavy atom. The van der Waals surface area contributed by atoms with Crippen molar-refractivity contribution in [2.24, 2.45) is 0 Å². The fraction of sp³-hybridized carbons (Fsp3) is 0.636. The first kappa shape index (κ1) is 9.07. The van der Waals surface area contributed by atoms with E-state index in [0.29, 0.717) is 19.0 Å². The maximum atomic E-state index is 12.7. The van der Waals surface area contributed by atoms with Gasteiger partial charge in [-0.05, 0) is 19.8 Å². The summed E-state index contributed by atoms with van der Waals surface area (Å²) >= 11 is 0. The van der Waals surface area contributed by atoms with Crippen molar-refractivity contribution in [3.05, 3.63) is 17.6 Å². The summed E-state index contributed by atoms with van der Waals surface area (Å²) < 4.78 is 12.7. The standard InChI is InChI=1S/C11H14FN3/c1-7-4-10(15-5-9(12)6-15)14-11(13-7)8-2-3-8/h4,8-9H,2-3,5-6H2,1H3. The van der Waals surface area contributed by atoms with E-state index in [2.05, 4.69) is 9.97 Å². The van der Waals surface area contributed by atoms with Crippen molar-refractivity contribution in [3.8, 4) is 0 Å². The minimum Gasteiger partial charge on any atom is -0.351 e. The molecule has 0 atom stereocenters. The van der Waals surface area contributed by atoms with Crippen LogP contribution in [0, 0.1) is 6.92 Å². The van der Waals surface area contributed by atoms with Crippen molar-refractivity contribution >= 4 is 5.82 Å². The largest absolute Gasteiger partial charge is 0.351 e. The molecule has 3 rings (SSSR count). The molecule has 80 valence electrons. The molecule has 0 N–H and O–H groups in total. The first-order chi connectivity index (χ1) is 7.22. The molecule has 1 saturated heterocycles. The van der Waals surface area contributed by atoms with Gasteiger partial charge < -0.3 is 4.90 Å². The zero-order chi connectivity index (χ0) is 10.4. The lowest BCUT2D eigenvalue weighted by Gasteiger charge is -2.35. The molecular formula is C11H14FN3. The van der Waals surface area contributed by atoms with Crippen LogP contribution in [0.2, 0.25) is 0 Å². The number of aromatic nitrogens is 2. The van der Waals surface area contributed by atoms with E-state index >= 15 is 0 Å². The third-order valence-electron chi connectivity index (χ3n) is 2.96. The van der Waals surface area contributed by atoms with E-state index in [1.165, 1.54) is 12.8 Å². The van der Waals surface area contributed by atoms with Crippen LogP contribution in [0.1, 0.15) is 30.3 Å². The van der Waals surface area contributed by atoms with Gasteiger partial charge in [0.1, 0.15) is 17.8 Å². The quantitative estimate of drug-likeness (QED) is 0.740. The molecule has 1 aromatic rings. The van der Waals surface area contributed by atoms with E-state index in [1.54, 1.807) is 0 Å². The SMILES string of the molecule is Cc1cc(N2CC(F)C2)nc(C2CC2)n1. The van der Waals surface area contributed by atoms with Crippen LogP contribution in [-0.2, 0) is 0 Å². The summed E-state index contributed by atoms with van der Waals surface area (Å²) in [6.45, 7) is 2.95. The van der Waals surface area contributed by atoms with Crippen molar-refractivity contribution in [3.63, 3.8) is 0 Å². The van der Waals surface area contributed by atoms with E-state index in [1.807, 2.05) is 17.9 Å². The Kier molecular flexibility index (Phi) is 1.90. The molecule has 0 radical (unpaired) electrons. The second-order valence-corrected chi connectivity index (χ2v) is 4.50. The molecule has 0 bridgehead atoms. The van der Waals surface area contributed by atoms with E-state index in [0.717, 1.165) is 17.3 Å². The van der Waals surface area contributed by atoms with Gasteiger partial charge in [-0.15, -0.1) is 0 Å². The van der Waals surface area contributed by atoms with E-state index in [-0.39, 0.29) is 0 Å². The molecule has 1 aliphatic heterocycles. The summed E-state index contributed by atoms with van der Waals surface area (Å²) in [6, 6.07) is 1.94. The lowest BCUT2D eigenvalue weighted by atomic mass is 10.2. The van der Waals surface area contributed by atoms with Gasteiger partial charge in [-0.1, -0.05) is 0 Å². The van der Waals surface area contributed by atoms with Crippen LogP contribution in [0.15, 0.2) is 6.07 Å². The van der Waals surface area contributed by atoms with Crippen molar-refractivity contribution < 1.29 is 4.39 Å². The number of anilines is 1. The van der Waals surface area contributed by atoms with Crippen LogP contribution in [0.3, 0.4) is 0 Å². The maximum Gasteiger partial charge on any atom is 0.135 e. The number of alkyl halides is 1. The Balaban J connectivity index is 1.87. The number of nitrogens with zero attached hydrogens (tertiary/aromatic N) is 3. The molecule has 1 saturated carbocycles. The van der Waals surface area contributed by atoms with Gasteiger partial charge in [-0.25, -0.2) is 14.4 Å². The molecule has 0 spiro atoms. The Morgan fingerprint density at radius 2 is 2.07 bits per heavy atom. The molecule has 3 nitrogen and oxygen atoms in total. The molecule has 0 aromatic carbocycles. The molecule has 4 heteroatoms. The Morgan fingerprint density at radius 3 is 2.67 bits per heavy atom. The summed E-state index contributed by atoms with van der Waals surface area (Å²) in [5, 5.41) is 0. The molecule has 2 heterocycles. The van der Waals surface area contributed by atoms with Crippen LogP contribution >= 0.6 is 0 Å². The fourth-order valence-electron chi connectivity index (χ4n) is 1.87. The van der Waals surface area contributed by atoms with Crippen LogP contribution in [0.25, 0.3) is 0 Å². The van der Waals surface area contributed by atoms with Crippen molar-refractivity contribution in [1.82, 2.24) is 9.97 Å². The zero-order valence-corrected chi connectivity index (χ0v) is 8.78. The average molecular weight is 207 g/mol. The van der Waals surface area contributed by atoms with Crippen LogP contribution in [0.5, 0.6) is 0 Å². The number of hydrogen-bond acceptors (Lipinski definition) is 3. The molecule has 0 amide bonds. The number of aryl methyl sites for hydroxylation is 1. The highest BCUT2D eigenvalue weighted by molar-refractivity contribution is 5.43. The smallest absolute Gasteiger partial charge is 0.135 e. The number of hydrogen-bond donors (Lipinski definition) is 0. The molecule has 1 aliphatic carbocycles. The highest BCUT2D eigenvalue weighted by atomic mass is 19.1. The first-order valence-electron chi connectivity index (χ1n) is 5.47. The monoisotopic (exact) mass is 207 g/mol. The van der Waals surface area contributed by atoms with Gasteiger partial charge in [0.15, 0.2) is 0 Å². The molecular weight excluding hydrogens is 193 g/mol. The summed E-state index contributed by atoms with van der Waals surface area (Å²) in [5.41, 5.74) is 0.990. The molecule has 15 heavy (non-hydrogen) atoms. The topological polar surface area (TPSA) is 29.0 Å². The molecule has 2 aliphatic rings. The van der Waals surface area contributed by atoms with Gasteiger partial charge in [0.05, 0.1) is 13.1 Å². The summed E-state index contributed by atoms with van der Waals surface area (Å²) in [6.07, 6.45) is 1.73. The fourth-order valence-corrected chi connectivity index (χ4v) is 1.87. The van der Waals surface area contributed by atoms with Gasteiger partial charge in [-0.2, -0.15) is 0 Å². The summed E-state index contributed by atoms with van der Waals surface area (Å²) in [4.78, 5) is 10.9. The van der Waals surface area contributed by atoms with Crippen molar-refractivity contribution in [1.29, 1.82) is 0 Å². The van der Waals surface area contributed by atoms with Gasteiger partial charge in [0.2, 0.25) is 0 Å². The second-order valence-electron chi connectivity index (χ2n) is 4.50. The predicted molar refractivity (Wildman–Crippen MR) is 55.9 cm³/mol. The Labute approximate surface area is 88.3 Å². The normalized spacial score (nSPS) is 21.6. The second kappa shape index (κ2) is 3.15. The third kappa shape index (κ3) is 1.68. The van der Waals surface area contributed by atoms with E-state index in [4.69, 9.17) is 0 Å². The van der Waals surface area contributed by atoms with Gasteiger partial charge >= 0.3 is 0 Å². The van der Waals surface area contributed by atoms with Gasteiger partial charge in [0, 0.05) is 17.7 Å². The number of halogens is 1. The first-order valence-corrected chi connectivity index (χ1v) is 5.47. The van der Waals surface area contributed by atoms with Crippen LogP contribution in [-0.4, -0.2) is 29.2 Å². The van der Waals surface area contributed by atoms with Crippen LogP contribution in [0.4, 0.5) is 10.2 Å². The minimum absolute atomic E-state index is 0.487. The number of rotatable bonds is 2. The van der Waals surface area contributed by atoms with E-state index in [9.17, 15) is 4.39 Å². The van der Waals surface area contributed by atoms with Crippen LogP contribution < -0.4 is 4.90 Å². The summed E-state index contributed by atoms with van der Waals surface area (Å²) in [7, 11) is 0. The minimum atomic E-state index is -0.676. The maximum absolute atomic E-state index is 12.7. The van der Waals surface area contributed by atoms with Crippen molar-refractivity contribution in [2.75, 3.05) is 18.0 Å². The Hall–Kier alpha value is -1.19. The molecule has 1 aromatic heterocycles. The van der Waals surface area contributed by atoms with Crippen molar-refractivity contribution in [2.45, 2.75) is 31.9 Å². The highest BCUT2D eigenvalue weighted by Crippen LogP contribution is 2.38. The highest BCUT2D eigenvalue weighted by Gasteiger charge is 2.30.